The molecule has 1 aromatic carbocycles. The van der Waals surface area contributed by atoms with Gasteiger partial charge in [-0.05, 0) is 47.9 Å². The fraction of sp³-hybridized carbons (Fsp3) is 0.174. The minimum absolute atomic E-state index is 0.0490. The van der Waals surface area contributed by atoms with Crippen LogP contribution in [0.3, 0.4) is 0 Å². The van der Waals surface area contributed by atoms with Gasteiger partial charge in [0.25, 0.3) is 5.91 Å². The molecule has 4 N–H and O–H groups in total. The van der Waals surface area contributed by atoms with Crippen LogP contribution in [-0.2, 0) is 24.8 Å². The Hall–Kier alpha value is -4.27. The Morgan fingerprint density at radius 3 is 2.56 bits per heavy atom. The van der Waals surface area contributed by atoms with E-state index >= 15 is 0 Å². The second kappa shape index (κ2) is 8.84. The van der Waals surface area contributed by atoms with Gasteiger partial charge < -0.3 is 16.4 Å². The van der Waals surface area contributed by atoms with Crippen molar-refractivity contribution >= 4 is 34.2 Å². The van der Waals surface area contributed by atoms with Crippen LogP contribution in [0.25, 0.3) is 10.9 Å². The summed E-state index contributed by atoms with van der Waals surface area (Å²) in [6, 6.07) is 13.1. The van der Waals surface area contributed by atoms with Gasteiger partial charge in [-0.2, -0.15) is 5.10 Å². The summed E-state index contributed by atoms with van der Waals surface area (Å²) in [4.78, 5) is 35.2. The summed E-state index contributed by atoms with van der Waals surface area (Å²) in [5.74, 6) is -0.429. The van der Waals surface area contributed by atoms with E-state index in [1.165, 1.54) is 4.68 Å². The number of nitrogens with two attached hydrogens (primary N) is 2. The van der Waals surface area contributed by atoms with Crippen molar-refractivity contribution in [2.45, 2.75) is 19.4 Å². The number of fused-ring (bicyclic) bond motifs is 1. The number of carbonyl (C=O) groups is 2. The monoisotopic (exact) mass is 429 g/mol. The van der Waals surface area contributed by atoms with Gasteiger partial charge in [0.15, 0.2) is 5.69 Å². The SMILES string of the molecule is Cn1cc(N(Cc2ccc3ccc(N)nc3c2)C(=O)CCc2ccncc2)c(C(N)=O)n1. The van der Waals surface area contributed by atoms with Crippen molar-refractivity contribution in [1.29, 1.82) is 0 Å². The minimum Gasteiger partial charge on any atom is -0.384 e. The smallest absolute Gasteiger partial charge is 0.271 e. The van der Waals surface area contributed by atoms with Crippen molar-refractivity contribution in [3.05, 3.63) is 77.9 Å². The number of carbonyl (C=O) groups excluding carboxylic acids is 2. The number of aromatic nitrogens is 4. The highest BCUT2D eigenvalue weighted by Gasteiger charge is 2.24. The molecule has 0 radical (unpaired) electrons. The van der Waals surface area contributed by atoms with Crippen molar-refractivity contribution in [3.8, 4) is 0 Å². The Kier molecular flexibility index (Phi) is 5.80. The Morgan fingerprint density at radius 2 is 1.81 bits per heavy atom. The van der Waals surface area contributed by atoms with E-state index in [-0.39, 0.29) is 24.6 Å². The Labute approximate surface area is 184 Å². The Balaban J connectivity index is 1.67. The lowest BCUT2D eigenvalue weighted by Gasteiger charge is -2.22. The van der Waals surface area contributed by atoms with Gasteiger partial charge in [-0.1, -0.05) is 12.1 Å². The molecule has 0 spiro atoms. The van der Waals surface area contributed by atoms with Crippen molar-refractivity contribution < 1.29 is 9.59 Å². The lowest BCUT2D eigenvalue weighted by atomic mass is 10.1. The summed E-state index contributed by atoms with van der Waals surface area (Å²) in [5, 5.41) is 5.09. The number of primary amides is 1. The molecule has 0 aliphatic heterocycles. The molecule has 0 saturated carbocycles. The number of hydrogen-bond acceptors (Lipinski definition) is 6. The molecule has 9 nitrogen and oxygen atoms in total. The zero-order valence-corrected chi connectivity index (χ0v) is 17.6. The number of nitrogen functional groups attached to an aromatic ring is 1. The third-order valence-electron chi connectivity index (χ3n) is 5.13. The number of aryl methyl sites for hydroxylation is 2. The first-order chi connectivity index (χ1) is 15.4. The van der Waals surface area contributed by atoms with Gasteiger partial charge in [0.05, 0.1) is 17.7 Å². The van der Waals surface area contributed by atoms with Crippen LogP contribution in [-0.4, -0.2) is 31.6 Å². The van der Waals surface area contributed by atoms with Gasteiger partial charge >= 0.3 is 0 Å². The predicted octanol–water partition coefficient (Wildman–Crippen LogP) is 2.21. The third kappa shape index (κ3) is 4.56. The number of pyridine rings is 2. The van der Waals surface area contributed by atoms with Gasteiger partial charge in [0.2, 0.25) is 5.91 Å². The van der Waals surface area contributed by atoms with Gasteiger partial charge in [-0.25, -0.2) is 4.98 Å². The van der Waals surface area contributed by atoms with E-state index in [9.17, 15) is 9.59 Å². The average Bonchev–Trinajstić information content (AvgIpc) is 3.18. The van der Waals surface area contributed by atoms with E-state index in [0.29, 0.717) is 17.9 Å². The Morgan fingerprint density at radius 1 is 1.06 bits per heavy atom. The first kappa shape index (κ1) is 21.0. The average molecular weight is 429 g/mol. The number of anilines is 2. The topological polar surface area (TPSA) is 133 Å². The lowest BCUT2D eigenvalue weighted by molar-refractivity contribution is -0.118. The molecule has 0 atom stereocenters. The number of rotatable bonds is 7. The molecule has 0 saturated heterocycles. The zero-order valence-electron chi connectivity index (χ0n) is 17.6. The maximum atomic E-state index is 13.3. The van der Waals surface area contributed by atoms with Crippen LogP contribution in [0.1, 0.15) is 28.0 Å². The molecule has 9 heteroatoms. The number of hydrogen-bond donors (Lipinski definition) is 2. The molecular weight excluding hydrogens is 406 g/mol. The van der Waals surface area contributed by atoms with Crippen LogP contribution in [0, 0.1) is 0 Å². The summed E-state index contributed by atoms with van der Waals surface area (Å²) < 4.78 is 1.47. The highest BCUT2D eigenvalue weighted by molar-refractivity contribution is 6.02. The van der Waals surface area contributed by atoms with Gasteiger partial charge in [-0.15, -0.1) is 0 Å². The minimum atomic E-state index is -0.694. The molecule has 4 rings (SSSR count). The molecule has 0 aliphatic carbocycles. The van der Waals surface area contributed by atoms with Crippen LogP contribution in [0.5, 0.6) is 0 Å². The van der Waals surface area contributed by atoms with E-state index in [4.69, 9.17) is 11.5 Å². The molecule has 0 aliphatic rings. The van der Waals surface area contributed by atoms with Crippen molar-refractivity contribution in [1.82, 2.24) is 19.7 Å². The van der Waals surface area contributed by atoms with E-state index in [0.717, 1.165) is 22.0 Å². The Bertz CT molecular complexity index is 1280. The summed E-state index contributed by atoms with van der Waals surface area (Å²) in [7, 11) is 1.68. The van der Waals surface area contributed by atoms with E-state index in [1.54, 1.807) is 36.6 Å². The normalized spacial score (nSPS) is 10.9. The number of amides is 2. The van der Waals surface area contributed by atoms with Crippen molar-refractivity contribution in [2.75, 3.05) is 10.6 Å². The number of nitrogens with zero attached hydrogens (tertiary/aromatic N) is 5. The molecule has 2 amide bonds. The molecule has 4 aromatic rings. The second-order valence-electron chi connectivity index (χ2n) is 7.50. The molecule has 0 bridgehead atoms. The molecular formula is C23H23N7O2. The van der Waals surface area contributed by atoms with Crippen LogP contribution < -0.4 is 16.4 Å². The maximum absolute atomic E-state index is 13.3. The summed E-state index contributed by atoms with van der Waals surface area (Å²) >= 11 is 0. The van der Waals surface area contributed by atoms with Crippen LogP contribution in [0.2, 0.25) is 0 Å². The van der Waals surface area contributed by atoms with E-state index in [2.05, 4.69) is 15.1 Å². The van der Waals surface area contributed by atoms with Crippen LogP contribution in [0.4, 0.5) is 11.5 Å². The third-order valence-corrected chi connectivity index (χ3v) is 5.13. The molecule has 162 valence electrons. The van der Waals surface area contributed by atoms with Gasteiger partial charge in [0.1, 0.15) is 5.82 Å². The van der Waals surface area contributed by atoms with Gasteiger partial charge in [-0.3, -0.25) is 19.3 Å². The first-order valence-corrected chi connectivity index (χ1v) is 10.1. The van der Waals surface area contributed by atoms with Crippen molar-refractivity contribution in [2.24, 2.45) is 12.8 Å². The standard InChI is InChI=1S/C23H23N7O2/c1-29-14-19(22(28-29)23(25)32)30(21(31)7-3-15-8-10-26-11-9-15)13-16-2-4-17-5-6-20(24)27-18(17)12-16/h2,4-6,8-12,14H,3,7,13H2,1H3,(H2,24,27)(H2,25,32). The highest BCUT2D eigenvalue weighted by atomic mass is 16.2. The quantitative estimate of drug-likeness (QED) is 0.463. The lowest BCUT2D eigenvalue weighted by Crippen LogP contribution is -2.32. The highest BCUT2D eigenvalue weighted by Crippen LogP contribution is 2.24. The molecule has 3 aromatic heterocycles. The first-order valence-electron chi connectivity index (χ1n) is 10.1. The summed E-state index contributed by atoms with van der Waals surface area (Å²) in [5.41, 5.74) is 14.3. The van der Waals surface area contributed by atoms with Crippen LogP contribution in [0.15, 0.2) is 61.1 Å². The molecule has 0 unspecified atom stereocenters. The zero-order chi connectivity index (χ0) is 22.7. The molecule has 3 heterocycles. The number of benzene rings is 1. The largest absolute Gasteiger partial charge is 0.384 e. The summed E-state index contributed by atoms with van der Waals surface area (Å²) in [6.45, 7) is 0.230. The molecule has 0 fully saturated rings. The van der Waals surface area contributed by atoms with E-state index < -0.39 is 5.91 Å². The predicted molar refractivity (Wildman–Crippen MR) is 122 cm³/mol. The van der Waals surface area contributed by atoms with Crippen LogP contribution >= 0.6 is 0 Å². The van der Waals surface area contributed by atoms with E-state index in [1.807, 2.05) is 36.4 Å². The van der Waals surface area contributed by atoms with Crippen molar-refractivity contribution in [3.63, 3.8) is 0 Å². The summed E-state index contributed by atoms with van der Waals surface area (Å²) in [6.07, 6.45) is 5.80. The van der Waals surface area contributed by atoms with Gasteiger partial charge in [0, 0.05) is 37.4 Å². The maximum Gasteiger partial charge on any atom is 0.271 e. The fourth-order valence-electron chi connectivity index (χ4n) is 3.55. The fourth-order valence-corrected chi connectivity index (χ4v) is 3.55. The molecule has 32 heavy (non-hydrogen) atoms. The second-order valence-corrected chi connectivity index (χ2v) is 7.50.